The number of hydrogen-bond acceptors (Lipinski definition) is 3. The molecular weight excluding hydrogens is 683 g/mol. The Hall–Kier alpha value is -7.63. The summed E-state index contributed by atoms with van der Waals surface area (Å²) in [6.45, 7) is 0. The van der Waals surface area contributed by atoms with Crippen molar-refractivity contribution in [1.29, 1.82) is 0 Å². The minimum absolute atomic E-state index is 0.618. The molecule has 0 spiro atoms. The van der Waals surface area contributed by atoms with E-state index in [9.17, 15) is 0 Å². The molecule has 0 saturated carbocycles. The zero-order valence-corrected chi connectivity index (χ0v) is 30.3. The van der Waals surface area contributed by atoms with Gasteiger partial charge in [0.05, 0.1) is 27.8 Å². The summed E-state index contributed by atoms with van der Waals surface area (Å²) < 4.78 is 4.71. The summed E-state index contributed by atoms with van der Waals surface area (Å²) in [7, 11) is 0. The number of hydrogen-bond donors (Lipinski definition) is 0. The first-order valence-electron chi connectivity index (χ1n) is 18.9. The van der Waals surface area contributed by atoms with Crippen LogP contribution in [0.25, 0.3) is 100 Å². The Labute approximate surface area is 323 Å². The van der Waals surface area contributed by atoms with Crippen LogP contribution in [0.3, 0.4) is 0 Å². The third-order valence-corrected chi connectivity index (χ3v) is 10.8. The summed E-state index contributed by atoms with van der Waals surface area (Å²) >= 11 is 0. The van der Waals surface area contributed by atoms with E-state index in [1.54, 1.807) is 0 Å². The van der Waals surface area contributed by atoms with Crippen molar-refractivity contribution in [2.45, 2.75) is 0 Å². The van der Waals surface area contributed by atoms with Crippen molar-refractivity contribution in [3.63, 3.8) is 0 Å². The Balaban J connectivity index is 1.07. The van der Waals surface area contributed by atoms with Gasteiger partial charge in [0.1, 0.15) is 0 Å². The normalized spacial score (nSPS) is 11.6. The predicted octanol–water partition coefficient (Wildman–Crippen LogP) is 12.7. The van der Waals surface area contributed by atoms with Crippen molar-refractivity contribution >= 4 is 43.6 Å². The monoisotopic (exact) mass is 715 g/mol. The van der Waals surface area contributed by atoms with Crippen LogP contribution in [0.4, 0.5) is 0 Å². The lowest BCUT2D eigenvalue weighted by atomic mass is 10.0. The van der Waals surface area contributed by atoms with Crippen molar-refractivity contribution in [1.82, 2.24) is 24.1 Å². The highest BCUT2D eigenvalue weighted by Gasteiger charge is 2.18. The van der Waals surface area contributed by atoms with Crippen molar-refractivity contribution in [2.75, 3.05) is 0 Å². The number of rotatable bonds is 6. The van der Waals surface area contributed by atoms with E-state index in [0.717, 1.165) is 50.2 Å². The minimum atomic E-state index is 0.618. The van der Waals surface area contributed by atoms with Crippen molar-refractivity contribution < 1.29 is 0 Å². The van der Waals surface area contributed by atoms with Gasteiger partial charge in [-0.25, -0.2) is 15.0 Å². The molecule has 5 heteroatoms. The molecule has 5 nitrogen and oxygen atoms in total. The van der Waals surface area contributed by atoms with Gasteiger partial charge in [-0.2, -0.15) is 0 Å². The van der Waals surface area contributed by atoms with Crippen molar-refractivity contribution in [2.24, 2.45) is 0 Å². The van der Waals surface area contributed by atoms with E-state index >= 15 is 0 Å². The number of nitrogens with zero attached hydrogens (tertiary/aromatic N) is 5. The molecule has 0 unspecified atom stereocenters. The van der Waals surface area contributed by atoms with E-state index in [2.05, 4.69) is 191 Å². The van der Waals surface area contributed by atoms with Gasteiger partial charge in [0.25, 0.3) is 0 Å². The van der Waals surface area contributed by atoms with Gasteiger partial charge in [0, 0.05) is 49.5 Å². The number of benzene rings is 8. The number of aromatic nitrogens is 5. The zero-order chi connectivity index (χ0) is 37.0. The van der Waals surface area contributed by atoms with E-state index in [1.807, 2.05) is 18.2 Å². The van der Waals surface area contributed by atoms with E-state index in [-0.39, 0.29) is 0 Å². The molecule has 0 amide bonds. The molecule has 0 saturated heterocycles. The highest BCUT2D eigenvalue weighted by molar-refractivity contribution is 6.10. The van der Waals surface area contributed by atoms with E-state index in [4.69, 9.17) is 15.0 Å². The average Bonchev–Trinajstić information content (AvgIpc) is 3.80. The molecule has 0 aliphatic carbocycles. The molecule has 0 aliphatic heterocycles. The Morgan fingerprint density at radius 3 is 1.29 bits per heavy atom. The molecule has 3 aromatic heterocycles. The van der Waals surface area contributed by atoms with Crippen LogP contribution in [0.1, 0.15) is 0 Å². The second kappa shape index (κ2) is 13.0. The molecule has 0 aliphatic rings. The van der Waals surface area contributed by atoms with Crippen LogP contribution in [-0.4, -0.2) is 24.1 Å². The summed E-state index contributed by atoms with van der Waals surface area (Å²) in [6, 6.07) is 70.3. The number of para-hydroxylation sites is 5. The smallest absolute Gasteiger partial charge is 0.164 e. The van der Waals surface area contributed by atoms with Gasteiger partial charge in [-0.1, -0.05) is 152 Å². The highest BCUT2D eigenvalue weighted by atomic mass is 15.0. The summed E-state index contributed by atoms with van der Waals surface area (Å²) in [5, 5.41) is 4.92. The third-order valence-electron chi connectivity index (χ3n) is 10.8. The van der Waals surface area contributed by atoms with Crippen LogP contribution in [0.2, 0.25) is 0 Å². The molecule has 56 heavy (non-hydrogen) atoms. The van der Waals surface area contributed by atoms with Gasteiger partial charge >= 0.3 is 0 Å². The lowest BCUT2D eigenvalue weighted by molar-refractivity contribution is 1.07. The van der Waals surface area contributed by atoms with E-state index in [0.29, 0.717) is 17.5 Å². The van der Waals surface area contributed by atoms with Gasteiger partial charge in [-0.15, -0.1) is 0 Å². The van der Waals surface area contributed by atoms with Gasteiger partial charge in [-0.3, -0.25) is 0 Å². The van der Waals surface area contributed by atoms with Gasteiger partial charge in [0.15, 0.2) is 17.5 Å². The largest absolute Gasteiger partial charge is 0.309 e. The summed E-state index contributed by atoms with van der Waals surface area (Å²) in [5.74, 6) is 1.86. The Kier molecular flexibility index (Phi) is 7.42. The van der Waals surface area contributed by atoms with Gasteiger partial charge in [-0.05, 0) is 54.1 Å². The predicted molar refractivity (Wildman–Crippen MR) is 230 cm³/mol. The second-order valence-electron chi connectivity index (χ2n) is 14.1. The molecular formula is C51H33N5. The van der Waals surface area contributed by atoms with Gasteiger partial charge in [0.2, 0.25) is 0 Å². The maximum atomic E-state index is 5.20. The summed E-state index contributed by atoms with van der Waals surface area (Å²) in [4.78, 5) is 15.4. The average molecular weight is 716 g/mol. The fraction of sp³-hybridized carbons (Fsp3) is 0. The Morgan fingerprint density at radius 1 is 0.286 bits per heavy atom. The van der Waals surface area contributed by atoms with Crippen molar-refractivity contribution in [3.05, 3.63) is 200 Å². The summed E-state index contributed by atoms with van der Waals surface area (Å²) in [6.07, 6.45) is 0. The lowest BCUT2D eigenvalue weighted by Gasteiger charge is -2.15. The van der Waals surface area contributed by atoms with Crippen LogP contribution in [0.5, 0.6) is 0 Å². The first-order valence-corrected chi connectivity index (χ1v) is 18.9. The maximum absolute atomic E-state index is 5.20. The van der Waals surface area contributed by atoms with Crippen LogP contribution < -0.4 is 0 Å². The van der Waals surface area contributed by atoms with Crippen molar-refractivity contribution in [3.8, 4) is 56.7 Å². The molecule has 11 aromatic rings. The van der Waals surface area contributed by atoms with Crippen LogP contribution in [-0.2, 0) is 0 Å². The maximum Gasteiger partial charge on any atom is 0.164 e. The second-order valence-corrected chi connectivity index (χ2v) is 14.1. The quantitative estimate of drug-likeness (QED) is 0.172. The fourth-order valence-corrected chi connectivity index (χ4v) is 8.26. The SMILES string of the molecule is c1ccc(-c2nc(-c3cccc(-c4ccccc4-n4c5ccccc5c5ccccc54)c3)nc(-c3cccc(-n4c5ccccc5c5ccccc54)c3)n2)cc1. The molecule has 8 aromatic carbocycles. The number of fused-ring (bicyclic) bond motifs is 6. The fourth-order valence-electron chi connectivity index (χ4n) is 8.26. The van der Waals surface area contributed by atoms with Gasteiger partial charge < -0.3 is 9.13 Å². The molecule has 3 heterocycles. The molecule has 0 atom stereocenters. The molecule has 262 valence electrons. The third kappa shape index (κ3) is 5.21. The molecule has 0 bridgehead atoms. The topological polar surface area (TPSA) is 48.5 Å². The van der Waals surface area contributed by atoms with Crippen LogP contribution in [0, 0.1) is 0 Å². The molecule has 0 fully saturated rings. The standard InChI is InChI=1S/C51H33N5/c1-2-16-34(17-3-1)49-52-50(54-51(53-49)37-20-15-21-38(33-37)55-45-28-10-5-23-40(45)41-24-6-11-29-46(41)55)36-19-14-18-35(32-36)39-22-4-9-27-44(39)56-47-30-12-7-25-42(47)43-26-8-13-31-48(43)56/h1-33H. The Morgan fingerprint density at radius 2 is 0.696 bits per heavy atom. The first kappa shape index (κ1) is 31.9. The van der Waals surface area contributed by atoms with Crippen LogP contribution >= 0.6 is 0 Å². The Bertz CT molecular complexity index is 3160. The molecule has 0 radical (unpaired) electrons. The minimum Gasteiger partial charge on any atom is -0.309 e. The first-order chi connectivity index (χ1) is 27.8. The summed E-state index contributed by atoms with van der Waals surface area (Å²) in [5.41, 5.74) is 11.8. The zero-order valence-electron chi connectivity index (χ0n) is 30.3. The lowest BCUT2D eigenvalue weighted by Crippen LogP contribution is -2.01. The highest BCUT2D eigenvalue weighted by Crippen LogP contribution is 2.38. The molecule has 11 rings (SSSR count). The van der Waals surface area contributed by atoms with E-state index in [1.165, 1.54) is 32.6 Å². The molecule has 0 N–H and O–H groups in total. The van der Waals surface area contributed by atoms with Crippen LogP contribution in [0.15, 0.2) is 200 Å². The van der Waals surface area contributed by atoms with E-state index < -0.39 is 0 Å².